The molecule has 0 saturated heterocycles. The maximum atomic E-state index is 6.62. The molecule has 1 atom stereocenters. The Morgan fingerprint density at radius 2 is 1.95 bits per heavy atom. The molecule has 1 aromatic carbocycles. The van der Waals surface area contributed by atoms with Gasteiger partial charge in [-0.3, -0.25) is 0 Å². The first-order valence-corrected chi connectivity index (χ1v) is 8.65. The summed E-state index contributed by atoms with van der Waals surface area (Å²) < 4.78 is 17.5. The van der Waals surface area contributed by atoms with Crippen molar-refractivity contribution in [3.63, 3.8) is 0 Å². The van der Waals surface area contributed by atoms with Gasteiger partial charge in [0.05, 0.1) is 25.7 Å². The lowest BCUT2D eigenvalue weighted by Gasteiger charge is -2.14. The minimum Gasteiger partial charge on any atom is -0.496 e. The van der Waals surface area contributed by atoms with Crippen molar-refractivity contribution in [2.75, 3.05) is 20.3 Å². The predicted molar refractivity (Wildman–Crippen MR) is 88.3 cm³/mol. The van der Waals surface area contributed by atoms with Crippen molar-refractivity contribution >= 4 is 38.9 Å². The average molecular weight is 390 g/mol. The van der Waals surface area contributed by atoms with Crippen LogP contribution in [-0.2, 0) is 0 Å². The number of benzene rings is 1. The van der Waals surface area contributed by atoms with Crippen molar-refractivity contribution in [1.82, 2.24) is 0 Å². The number of alkyl halides is 1. The molecule has 0 N–H and O–H groups in total. The second-order valence-electron chi connectivity index (χ2n) is 4.62. The summed E-state index contributed by atoms with van der Waals surface area (Å²) in [6, 6.07) is 5.84. The van der Waals surface area contributed by atoms with E-state index in [0.717, 1.165) is 38.6 Å². The number of ether oxygens (including phenoxy) is 3. The fourth-order valence-corrected chi connectivity index (χ4v) is 4.05. The van der Waals surface area contributed by atoms with Crippen LogP contribution in [-0.4, -0.2) is 20.3 Å². The third-order valence-electron chi connectivity index (χ3n) is 3.22. The Labute approximate surface area is 140 Å². The van der Waals surface area contributed by atoms with Gasteiger partial charge in [0.25, 0.3) is 0 Å². The second-order valence-corrected chi connectivity index (χ2v) is 6.86. The monoisotopic (exact) mass is 388 g/mol. The lowest BCUT2D eigenvalue weighted by atomic mass is 10.1. The smallest absolute Gasteiger partial charge is 0.162 e. The molecule has 3 nitrogen and oxygen atoms in total. The first-order chi connectivity index (χ1) is 10.2. The Bertz CT molecular complexity index is 644. The molecule has 1 unspecified atom stereocenters. The lowest BCUT2D eigenvalue weighted by molar-refractivity contribution is 0.297. The topological polar surface area (TPSA) is 27.7 Å². The molecule has 1 aliphatic heterocycles. The van der Waals surface area contributed by atoms with Gasteiger partial charge in [-0.25, -0.2) is 0 Å². The summed E-state index contributed by atoms with van der Waals surface area (Å²) in [5.74, 6) is 2.33. The SMILES string of the molecule is COc1csc(C(Cl)c2cc3c(cc2Br)OCCCO3)c1. The zero-order chi connectivity index (χ0) is 14.8. The molecule has 0 fully saturated rings. The number of rotatable bonds is 3. The minimum atomic E-state index is -0.259. The summed E-state index contributed by atoms with van der Waals surface area (Å²) >= 11 is 11.8. The molecule has 2 heterocycles. The van der Waals surface area contributed by atoms with Crippen LogP contribution in [0.15, 0.2) is 28.1 Å². The van der Waals surface area contributed by atoms with Crippen molar-refractivity contribution < 1.29 is 14.2 Å². The average Bonchev–Trinajstić information content (AvgIpc) is 2.86. The van der Waals surface area contributed by atoms with Crippen LogP contribution in [0.4, 0.5) is 0 Å². The van der Waals surface area contributed by atoms with Gasteiger partial charge in [-0.15, -0.1) is 22.9 Å². The van der Waals surface area contributed by atoms with E-state index in [1.54, 1.807) is 18.4 Å². The molecule has 3 rings (SSSR count). The zero-order valence-electron chi connectivity index (χ0n) is 11.4. The molecule has 1 aromatic heterocycles. The summed E-state index contributed by atoms with van der Waals surface area (Å²) in [5.41, 5.74) is 0.963. The van der Waals surface area contributed by atoms with E-state index in [4.69, 9.17) is 25.8 Å². The molecular formula is C15H14BrClO3S. The highest BCUT2D eigenvalue weighted by Crippen LogP contribution is 2.43. The van der Waals surface area contributed by atoms with E-state index in [1.165, 1.54) is 0 Å². The molecule has 1 aliphatic rings. The lowest BCUT2D eigenvalue weighted by Crippen LogP contribution is -1.97. The molecule has 6 heteroatoms. The molecule has 0 amide bonds. The van der Waals surface area contributed by atoms with Gasteiger partial charge in [0.1, 0.15) is 5.75 Å². The summed E-state index contributed by atoms with van der Waals surface area (Å²) in [4.78, 5) is 1.03. The van der Waals surface area contributed by atoms with Crippen LogP contribution in [0.5, 0.6) is 17.2 Å². The van der Waals surface area contributed by atoms with E-state index >= 15 is 0 Å². The fourth-order valence-electron chi connectivity index (χ4n) is 2.12. The summed E-state index contributed by atoms with van der Waals surface area (Å²) in [5, 5.41) is 1.69. The molecule has 112 valence electrons. The van der Waals surface area contributed by atoms with Crippen LogP contribution in [0.3, 0.4) is 0 Å². The molecule has 2 aromatic rings. The van der Waals surface area contributed by atoms with Crippen LogP contribution in [0.1, 0.15) is 22.2 Å². The van der Waals surface area contributed by atoms with E-state index in [0.29, 0.717) is 13.2 Å². The van der Waals surface area contributed by atoms with Gasteiger partial charge >= 0.3 is 0 Å². The van der Waals surface area contributed by atoms with Crippen LogP contribution in [0.2, 0.25) is 0 Å². The summed E-state index contributed by atoms with van der Waals surface area (Å²) in [7, 11) is 1.65. The molecule has 0 saturated carbocycles. The number of methoxy groups -OCH3 is 1. The Morgan fingerprint density at radius 3 is 2.62 bits per heavy atom. The number of hydrogen-bond donors (Lipinski definition) is 0. The van der Waals surface area contributed by atoms with Crippen LogP contribution in [0.25, 0.3) is 0 Å². The maximum Gasteiger partial charge on any atom is 0.162 e. The van der Waals surface area contributed by atoms with Crippen LogP contribution < -0.4 is 14.2 Å². The van der Waals surface area contributed by atoms with E-state index in [9.17, 15) is 0 Å². The summed E-state index contributed by atoms with van der Waals surface area (Å²) in [6.45, 7) is 1.33. The van der Waals surface area contributed by atoms with E-state index in [1.807, 2.05) is 23.6 Å². The number of thiophene rings is 1. The molecular weight excluding hydrogens is 376 g/mol. The van der Waals surface area contributed by atoms with Crippen molar-refractivity contribution in [1.29, 1.82) is 0 Å². The first kappa shape index (κ1) is 15.0. The zero-order valence-corrected chi connectivity index (χ0v) is 14.6. The number of hydrogen-bond acceptors (Lipinski definition) is 4. The molecule has 0 radical (unpaired) electrons. The van der Waals surface area contributed by atoms with Gasteiger partial charge in [0.2, 0.25) is 0 Å². The molecule has 0 bridgehead atoms. The van der Waals surface area contributed by atoms with Crippen LogP contribution >= 0.6 is 38.9 Å². The molecule has 0 spiro atoms. The fraction of sp³-hybridized carbons (Fsp3) is 0.333. The van der Waals surface area contributed by atoms with Crippen LogP contribution in [0, 0.1) is 0 Å². The number of fused-ring (bicyclic) bond motifs is 1. The van der Waals surface area contributed by atoms with Crippen molar-refractivity contribution in [2.45, 2.75) is 11.8 Å². The normalized spacial score (nSPS) is 15.4. The second kappa shape index (κ2) is 6.46. The Balaban J connectivity index is 1.95. The maximum absolute atomic E-state index is 6.62. The molecule has 0 aliphatic carbocycles. The third kappa shape index (κ3) is 3.15. The van der Waals surface area contributed by atoms with Gasteiger partial charge in [0.15, 0.2) is 11.5 Å². The molecule has 21 heavy (non-hydrogen) atoms. The third-order valence-corrected chi connectivity index (χ3v) is 5.48. The number of halogens is 2. The van der Waals surface area contributed by atoms with Crippen molar-refractivity contribution in [2.24, 2.45) is 0 Å². The van der Waals surface area contributed by atoms with Gasteiger partial charge in [-0.2, -0.15) is 0 Å². The van der Waals surface area contributed by atoms with E-state index in [-0.39, 0.29) is 5.38 Å². The quantitative estimate of drug-likeness (QED) is 0.691. The van der Waals surface area contributed by atoms with Gasteiger partial charge in [0, 0.05) is 21.2 Å². The van der Waals surface area contributed by atoms with E-state index in [2.05, 4.69) is 15.9 Å². The highest BCUT2D eigenvalue weighted by molar-refractivity contribution is 9.10. The minimum absolute atomic E-state index is 0.259. The highest BCUT2D eigenvalue weighted by Gasteiger charge is 2.21. The first-order valence-electron chi connectivity index (χ1n) is 6.54. The largest absolute Gasteiger partial charge is 0.496 e. The van der Waals surface area contributed by atoms with Gasteiger partial charge in [-0.05, 0) is 23.8 Å². The van der Waals surface area contributed by atoms with Gasteiger partial charge in [-0.1, -0.05) is 15.9 Å². The Morgan fingerprint density at radius 1 is 1.24 bits per heavy atom. The predicted octanol–water partition coefficient (Wildman–Crippen LogP) is 5.01. The van der Waals surface area contributed by atoms with Crippen molar-refractivity contribution in [3.05, 3.63) is 38.5 Å². The van der Waals surface area contributed by atoms with Gasteiger partial charge < -0.3 is 14.2 Å². The van der Waals surface area contributed by atoms with E-state index < -0.39 is 0 Å². The summed E-state index contributed by atoms with van der Waals surface area (Å²) in [6.07, 6.45) is 0.883. The Kier molecular flexibility index (Phi) is 4.62. The highest BCUT2D eigenvalue weighted by atomic mass is 79.9. The Hall–Kier alpha value is -0.910. The standard InChI is InChI=1S/C15H14BrClO3S/c1-18-9-5-14(21-8-9)15(17)10-6-12-13(7-11(10)16)20-4-2-3-19-12/h5-8,15H,2-4H2,1H3. The van der Waals surface area contributed by atoms with Crippen molar-refractivity contribution in [3.8, 4) is 17.2 Å².